The highest BCUT2D eigenvalue weighted by Crippen LogP contribution is 2.20. The van der Waals surface area contributed by atoms with E-state index in [0.717, 1.165) is 25.7 Å². The molecule has 0 aromatic rings. The lowest BCUT2D eigenvalue weighted by molar-refractivity contribution is -0.132. The molecule has 0 aliphatic heterocycles. The van der Waals surface area contributed by atoms with Crippen LogP contribution in [0.2, 0.25) is 0 Å². The molecule has 6 heteroatoms. The Hall–Kier alpha value is -1.59. The number of carbonyl (C=O) groups is 1. The van der Waals surface area contributed by atoms with Crippen molar-refractivity contribution in [3.05, 3.63) is 0 Å². The van der Waals surface area contributed by atoms with Crippen LogP contribution in [-0.2, 0) is 14.4 Å². The zero-order valence-corrected chi connectivity index (χ0v) is 9.36. The predicted molar refractivity (Wildman–Crippen MR) is 59.3 cm³/mol. The van der Waals surface area contributed by atoms with E-state index in [1.54, 1.807) is 0 Å². The monoisotopic (exact) mass is 227 g/mol. The summed E-state index contributed by atoms with van der Waals surface area (Å²) in [6.07, 6.45) is 5.29. The fourth-order valence-corrected chi connectivity index (χ4v) is 1.59. The Bertz CT molecular complexity index is 296. The standard InChI is InChI=1S/C10H17N3O3/c1-15-10(14)8(9(11)12)13-16-7-5-3-2-4-6-7/h7H,2-6H2,1H3,(H3,11,12)/b13-8+. The number of oxime groups is 1. The fourth-order valence-electron chi connectivity index (χ4n) is 1.59. The van der Waals surface area contributed by atoms with Gasteiger partial charge in [0.05, 0.1) is 7.11 Å². The highest BCUT2D eigenvalue weighted by atomic mass is 16.6. The van der Waals surface area contributed by atoms with Gasteiger partial charge in [0, 0.05) is 0 Å². The maximum absolute atomic E-state index is 11.2. The molecule has 1 aliphatic carbocycles. The van der Waals surface area contributed by atoms with Gasteiger partial charge in [0.1, 0.15) is 6.10 Å². The van der Waals surface area contributed by atoms with Crippen molar-refractivity contribution in [3.8, 4) is 0 Å². The first-order valence-electron chi connectivity index (χ1n) is 5.31. The van der Waals surface area contributed by atoms with Crippen molar-refractivity contribution < 1.29 is 14.4 Å². The summed E-state index contributed by atoms with van der Waals surface area (Å²) in [6, 6.07) is 0. The first-order chi connectivity index (χ1) is 7.65. The van der Waals surface area contributed by atoms with Gasteiger partial charge in [0.15, 0.2) is 5.84 Å². The van der Waals surface area contributed by atoms with Gasteiger partial charge in [-0.3, -0.25) is 5.41 Å². The molecule has 6 nitrogen and oxygen atoms in total. The summed E-state index contributed by atoms with van der Waals surface area (Å²) < 4.78 is 4.44. The van der Waals surface area contributed by atoms with Crippen molar-refractivity contribution in [2.24, 2.45) is 10.9 Å². The number of methoxy groups -OCH3 is 1. The van der Waals surface area contributed by atoms with Gasteiger partial charge in [-0.1, -0.05) is 11.6 Å². The third-order valence-electron chi connectivity index (χ3n) is 2.48. The van der Waals surface area contributed by atoms with Gasteiger partial charge in [-0.25, -0.2) is 4.79 Å². The molecule has 0 radical (unpaired) electrons. The maximum atomic E-state index is 11.2. The van der Waals surface area contributed by atoms with E-state index >= 15 is 0 Å². The van der Waals surface area contributed by atoms with E-state index in [2.05, 4.69) is 9.89 Å². The van der Waals surface area contributed by atoms with Gasteiger partial charge >= 0.3 is 5.97 Å². The van der Waals surface area contributed by atoms with Crippen LogP contribution < -0.4 is 5.73 Å². The SMILES string of the molecule is COC(=O)/C(=N/OC1CCCCC1)C(=N)N. The molecule has 0 amide bonds. The van der Waals surface area contributed by atoms with Crippen LogP contribution in [0.5, 0.6) is 0 Å². The molecule has 0 bridgehead atoms. The van der Waals surface area contributed by atoms with Crippen molar-refractivity contribution in [1.29, 1.82) is 5.41 Å². The van der Waals surface area contributed by atoms with E-state index in [9.17, 15) is 4.79 Å². The number of amidine groups is 1. The maximum Gasteiger partial charge on any atom is 0.363 e. The number of nitrogens with two attached hydrogens (primary N) is 1. The molecule has 1 rings (SSSR count). The lowest BCUT2D eigenvalue weighted by Gasteiger charge is -2.19. The summed E-state index contributed by atoms with van der Waals surface area (Å²) >= 11 is 0. The number of ether oxygens (including phenoxy) is 1. The van der Waals surface area contributed by atoms with Gasteiger partial charge < -0.3 is 15.3 Å². The summed E-state index contributed by atoms with van der Waals surface area (Å²) in [5.74, 6) is -1.19. The Kier molecular flexibility index (Phi) is 4.75. The van der Waals surface area contributed by atoms with E-state index in [1.165, 1.54) is 13.5 Å². The van der Waals surface area contributed by atoms with Crippen LogP contribution in [0.4, 0.5) is 0 Å². The normalized spacial score (nSPS) is 17.9. The Balaban J connectivity index is 2.56. The van der Waals surface area contributed by atoms with E-state index in [1.807, 2.05) is 0 Å². The van der Waals surface area contributed by atoms with Crippen molar-refractivity contribution >= 4 is 17.5 Å². The number of nitrogens with zero attached hydrogens (tertiary/aromatic N) is 1. The van der Waals surface area contributed by atoms with Crippen LogP contribution >= 0.6 is 0 Å². The second-order valence-corrected chi connectivity index (χ2v) is 3.71. The van der Waals surface area contributed by atoms with Gasteiger partial charge in [-0.05, 0) is 25.7 Å². The predicted octanol–water partition coefficient (Wildman–Crippen LogP) is 0.801. The Labute approximate surface area is 94.3 Å². The molecule has 16 heavy (non-hydrogen) atoms. The molecule has 0 atom stereocenters. The van der Waals surface area contributed by atoms with Crippen LogP contribution in [0.3, 0.4) is 0 Å². The van der Waals surface area contributed by atoms with Crippen molar-refractivity contribution in [2.75, 3.05) is 7.11 Å². The lowest BCUT2D eigenvalue weighted by atomic mass is 9.98. The molecule has 1 fully saturated rings. The first-order valence-corrected chi connectivity index (χ1v) is 5.31. The van der Waals surface area contributed by atoms with E-state index in [-0.39, 0.29) is 11.8 Å². The molecule has 1 saturated carbocycles. The minimum atomic E-state index is -0.747. The van der Waals surface area contributed by atoms with Crippen molar-refractivity contribution in [2.45, 2.75) is 38.2 Å². The van der Waals surface area contributed by atoms with Gasteiger partial charge in [-0.2, -0.15) is 0 Å². The molecule has 90 valence electrons. The van der Waals surface area contributed by atoms with E-state index in [4.69, 9.17) is 16.0 Å². The minimum Gasteiger partial charge on any atom is -0.464 e. The van der Waals surface area contributed by atoms with E-state index < -0.39 is 11.8 Å². The third-order valence-corrected chi connectivity index (χ3v) is 2.48. The quantitative estimate of drug-likeness (QED) is 0.321. The van der Waals surface area contributed by atoms with Gasteiger partial charge in [0.25, 0.3) is 0 Å². The van der Waals surface area contributed by atoms with E-state index in [0.29, 0.717) is 0 Å². The first kappa shape index (κ1) is 12.5. The molecular weight excluding hydrogens is 210 g/mol. The Morgan fingerprint density at radius 3 is 2.50 bits per heavy atom. The summed E-state index contributed by atoms with van der Waals surface area (Å²) in [7, 11) is 1.21. The molecule has 1 aliphatic rings. The topological polar surface area (TPSA) is 97.8 Å². The van der Waals surface area contributed by atoms with Gasteiger partial charge in [-0.15, -0.1) is 0 Å². The molecule has 0 heterocycles. The Morgan fingerprint density at radius 1 is 1.38 bits per heavy atom. The van der Waals surface area contributed by atoms with Crippen LogP contribution in [0.15, 0.2) is 5.16 Å². The summed E-state index contributed by atoms with van der Waals surface area (Å²) in [5.41, 5.74) is 4.93. The number of esters is 1. The smallest absolute Gasteiger partial charge is 0.363 e. The zero-order valence-electron chi connectivity index (χ0n) is 9.36. The highest BCUT2D eigenvalue weighted by molar-refractivity contribution is 6.64. The lowest BCUT2D eigenvalue weighted by Crippen LogP contribution is -2.32. The Morgan fingerprint density at radius 2 is 2.00 bits per heavy atom. The molecule has 3 N–H and O–H groups in total. The van der Waals surface area contributed by atoms with Crippen LogP contribution in [0.25, 0.3) is 0 Å². The molecule has 0 unspecified atom stereocenters. The summed E-state index contributed by atoms with van der Waals surface area (Å²) in [5, 5.41) is 10.8. The van der Waals surface area contributed by atoms with Crippen molar-refractivity contribution in [3.63, 3.8) is 0 Å². The summed E-state index contributed by atoms with van der Waals surface area (Å²) in [6.45, 7) is 0. The van der Waals surface area contributed by atoms with Crippen LogP contribution in [0.1, 0.15) is 32.1 Å². The molecule has 0 saturated heterocycles. The number of hydrogen-bond acceptors (Lipinski definition) is 5. The second-order valence-electron chi connectivity index (χ2n) is 3.71. The highest BCUT2D eigenvalue weighted by Gasteiger charge is 2.19. The molecule has 0 aromatic heterocycles. The fraction of sp³-hybridized carbons (Fsp3) is 0.700. The zero-order chi connectivity index (χ0) is 12.0. The number of hydrogen-bond donors (Lipinski definition) is 2. The van der Waals surface area contributed by atoms with Crippen LogP contribution in [-0.4, -0.2) is 30.7 Å². The third kappa shape index (κ3) is 3.52. The van der Waals surface area contributed by atoms with Gasteiger partial charge in [0.2, 0.25) is 5.71 Å². The number of carbonyl (C=O) groups excluding carboxylic acids is 1. The number of rotatable bonds is 4. The van der Waals surface area contributed by atoms with Crippen molar-refractivity contribution in [1.82, 2.24) is 0 Å². The van der Waals surface area contributed by atoms with Crippen LogP contribution in [0, 0.1) is 5.41 Å². The minimum absolute atomic E-state index is 0.0211. The largest absolute Gasteiger partial charge is 0.464 e. The molecule has 0 aromatic carbocycles. The molecule has 0 spiro atoms. The summed E-state index contributed by atoms with van der Waals surface area (Å²) in [4.78, 5) is 16.4. The average Bonchev–Trinajstić information content (AvgIpc) is 2.30. The number of nitrogens with one attached hydrogen (secondary N) is 1. The average molecular weight is 227 g/mol. The molecular formula is C10H17N3O3. The second kappa shape index (κ2) is 6.09.